The van der Waals surface area contributed by atoms with E-state index in [0.29, 0.717) is 49.9 Å². The third kappa shape index (κ3) is 4.28. The van der Waals surface area contributed by atoms with Gasteiger partial charge in [0.15, 0.2) is 17.4 Å². The standard InChI is InChI=1S/C27H31FN6O3S/c1-3-17-13-25(35)21(28)14-20(17)18-4-5-19-23(12-18)31-32-26(19)27-29-22-8-11-34(15-24(22)30-27)38(36,37)33-9-6-16(2)7-10-33/h4-5,12-14,16,35H,3,6-11,15H2,1-2H3,(H,29,30)(H,31,32). The molecule has 1 saturated heterocycles. The van der Waals surface area contributed by atoms with E-state index in [9.17, 15) is 17.9 Å². The zero-order valence-electron chi connectivity index (χ0n) is 21.5. The minimum Gasteiger partial charge on any atom is -0.505 e. The Hall–Kier alpha value is -3.28. The normalized spacial score (nSPS) is 17.8. The highest BCUT2D eigenvalue weighted by Gasteiger charge is 2.35. The number of nitrogens with one attached hydrogen (secondary N) is 2. The largest absolute Gasteiger partial charge is 0.505 e. The van der Waals surface area contributed by atoms with Crippen molar-refractivity contribution in [2.24, 2.45) is 5.92 Å². The number of imidazole rings is 1. The van der Waals surface area contributed by atoms with Gasteiger partial charge in [0.2, 0.25) is 0 Å². The Morgan fingerprint density at radius 1 is 1.13 bits per heavy atom. The topological polar surface area (TPSA) is 118 Å². The van der Waals surface area contributed by atoms with Crippen molar-refractivity contribution in [1.82, 2.24) is 28.8 Å². The molecule has 2 aliphatic heterocycles. The lowest BCUT2D eigenvalue weighted by Crippen LogP contribution is -2.48. The Morgan fingerprint density at radius 3 is 2.68 bits per heavy atom. The number of aromatic amines is 2. The first-order chi connectivity index (χ1) is 18.2. The van der Waals surface area contributed by atoms with E-state index < -0.39 is 16.0 Å². The quantitative estimate of drug-likeness (QED) is 0.349. The number of rotatable bonds is 5. The van der Waals surface area contributed by atoms with Gasteiger partial charge in [0.1, 0.15) is 5.69 Å². The maximum atomic E-state index is 14.1. The summed E-state index contributed by atoms with van der Waals surface area (Å²) in [5.41, 5.74) is 5.45. The summed E-state index contributed by atoms with van der Waals surface area (Å²) in [7, 11) is -3.52. The molecule has 1 fully saturated rings. The number of nitrogens with zero attached hydrogens (tertiary/aromatic N) is 4. The van der Waals surface area contributed by atoms with Crippen molar-refractivity contribution in [3.8, 4) is 28.4 Å². The van der Waals surface area contributed by atoms with Crippen LogP contribution in [0.25, 0.3) is 33.5 Å². The van der Waals surface area contributed by atoms with E-state index >= 15 is 0 Å². The van der Waals surface area contributed by atoms with Gasteiger partial charge < -0.3 is 10.1 Å². The molecule has 4 heterocycles. The maximum absolute atomic E-state index is 14.1. The SMILES string of the molecule is CCc1cc(O)c(F)cc1-c1ccc2c(-c3nc4c([nH]3)CCN(S(=O)(=O)N3CCC(C)CC3)C4)n[nH]c2c1. The number of aromatic nitrogens is 4. The molecular formula is C27H31FN6O3S. The van der Waals surface area contributed by atoms with E-state index in [2.05, 4.69) is 22.1 Å². The van der Waals surface area contributed by atoms with Crippen LogP contribution in [0.1, 0.15) is 43.6 Å². The van der Waals surface area contributed by atoms with Gasteiger partial charge in [0.05, 0.1) is 17.8 Å². The fraction of sp³-hybridized carbons (Fsp3) is 0.407. The smallest absolute Gasteiger partial charge is 0.282 e. The van der Waals surface area contributed by atoms with E-state index in [1.165, 1.54) is 16.4 Å². The van der Waals surface area contributed by atoms with Crippen LogP contribution in [-0.4, -0.2) is 61.9 Å². The van der Waals surface area contributed by atoms with Gasteiger partial charge in [-0.25, -0.2) is 9.37 Å². The lowest BCUT2D eigenvalue weighted by Gasteiger charge is -2.35. The molecule has 2 aliphatic rings. The lowest BCUT2D eigenvalue weighted by atomic mass is 9.96. The highest BCUT2D eigenvalue weighted by Crippen LogP contribution is 2.34. The molecule has 0 spiro atoms. The molecule has 9 nitrogen and oxygen atoms in total. The van der Waals surface area contributed by atoms with Crippen LogP contribution < -0.4 is 0 Å². The first-order valence-corrected chi connectivity index (χ1v) is 14.5. The molecule has 38 heavy (non-hydrogen) atoms. The molecule has 200 valence electrons. The predicted molar refractivity (Wildman–Crippen MR) is 143 cm³/mol. The number of phenols is 1. The molecule has 2 aromatic heterocycles. The van der Waals surface area contributed by atoms with E-state index in [0.717, 1.165) is 51.8 Å². The molecule has 2 aromatic carbocycles. The molecule has 0 saturated carbocycles. The molecular weight excluding hydrogens is 507 g/mol. The predicted octanol–water partition coefficient (Wildman–Crippen LogP) is 4.36. The molecule has 11 heteroatoms. The molecule has 0 bridgehead atoms. The molecule has 4 aromatic rings. The third-order valence-corrected chi connectivity index (χ3v) is 9.83. The number of piperidine rings is 1. The summed E-state index contributed by atoms with van der Waals surface area (Å²) in [6.45, 7) is 5.90. The van der Waals surface area contributed by atoms with Crippen LogP contribution in [0.4, 0.5) is 4.39 Å². The average molecular weight is 539 g/mol. The minimum absolute atomic E-state index is 0.235. The molecule has 0 aliphatic carbocycles. The lowest BCUT2D eigenvalue weighted by molar-refractivity contribution is 0.259. The van der Waals surface area contributed by atoms with E-state index in [-0.39, 0.29) is 12.3 Å². The van der Waals surface area contributed by atoms with Crippen LogP contribution in [0.2, 0.25) is 0 Å². The second-order valence-corrected chi connectivity index (χ2v) is 12.3. The van der Waals surface area contributed by atoms with Crippen LogP contribution in [0.15, 0.2) is 30.3 Å². The van der Waals surface area contributed by atoms with Gasteiger partial charge in [0.25, 0.3) is 10.2 Å². The number of hydrogen-bond donors (Lipinski definition) is 3. The van der Waals surface area contributed by atoms with Crippen molar-refractivity contribution in [3.63, 3.8) is 0 Å². The van der Waals surface area contributed by atoms with Crippen molar-refractivity contribution >= 4 is 21.1 Å². The van der Waals surface area contributed by atoms with Gasteiger partial charge in [-0.15, -0.1) is 0 Å². The monoisotopic (exact) mass is 538 g/mol. The number of H-pyrrole nitrogens is 2. The van der Waals surface area contributed by atoms with Gasteiger partial charge in [0, 0.05) is 37.1 Å². The zero-order chi connectivity index (χ0) is 26.6. The van der Waals surface area contributed by atoms with E-state index in [1.54, 1.807) is 4.31 Å². The first kappa shape index (κ1) is 25.0. The number of halogens is 1. The summed E-state index contributed by atoms with van der Waals surface area (Å²) in [6, 6.07) is 8.56. The summed E-state index contributed by atoms with van der Waals surface area (Å²) >= 11 is 0. The second-order valence-electron chi connectivity index (χ2n) is 10.3. The highest BCUT2D eigenvalue weighted by atomic mass is 32.2. The fourth-order valence-electron chi connectivity index (χ4n) is 5.49. The van der Waals surface area contributed by atoms with Crippen molar-refractivity contribution in [1.29, 1.82) is 0 Å². The van der Waals surface area contributed by atoms with Gasteiger partial charge >= 0.3 is 0 Å². The van der Waals surface area contributed by atoms with Crippen molar-refractivity contribution in [2.75, 3.05) is 19.6 Å². The van der Waals surface area contributed by atoms with Crippen molar-refractivity contribution in [2.45, 2.75) is 46.1 Å². The zero-order valence-corrected chi connectivity index (χ0v) is 22.3. The third-order valence-electron chi connectivity index (χ3n) is 7.85. The van der Waals surface area contributed by atoms with Crippen LogP contribution in [-0.2, 0) is 29.6 Å². The molecule has 0 amide bonds. The summed E-state index contributed by atoms with van der Waals surface area (Å²) in [5, 5.41) is 18.2. The molecule has 0 atom stereocenters. The second kappa shape index (κ2) is 9.48. The van der Waals surface area contributed by atoms with Crippen LogP contribution in [0, 0.1) is 11.7 Å². The highest BCUT2D eigenvalue weighted by molar-refractivity contribution is 7.86. The van der Waals surface area contributed by atoms with Crippen molar-refractivity contribution < 1.29 is 17.9 Å². The average Bonchev–Trinajstić information content (AvgIpc) is 3.53. The summed E-state index contributed by atoms with van der Waals surface area (Å²) in [6.07, 6.45) is 2.99. The fourth-order valence-corrected chi connectivity index (χ4v) is 7.09. The minimum atomic E-state index is -3.52. The van der Waals surface area contributed by atoms with Gasteiger partial charge in [-0.3, -0.25) is 5.10 Å². The van der Waals surface area contributed by atoms with E-state index in [4.69, 9.17) is 4.98 Å². The molecule has 0 radical (unpaired) electrons. The Bertz CT molecular complexity index is 1620. The Balaban J connectivity index is 1.28. The van der Waals surface area contributed by atoms with E-state index in [1.807, 2.05) is 25.1 Å². The molecule has 3 N–H and O–H groups in total. The van der Waals surface area contributed by atoms with Crippen LogP contribution in [0.5, 0.6) is 5.75 Å². The number of fused-ring (bicyclic) bond motifs is 2. The van der Waals surface area contributed by atoms with Gasteiger partial charge in [-0.05, 0) is 66.1 Å². The maximum Gasteiger partial charge on any atom is 0.282 e. The Morgan fingerprint density at radius 2 is 1.92 bits per heavy atom. The first-order valence-electron chi connectivity index (χ1n) is 13.1. The Labute approximate surface area is 220 Å². The summed E-state index contributed by atoms with van der Waals surface area (Å²) in [5.74, 6) is 0.132. The molecule has 0 unspecified atom stereocenters. The van der Waals surface area contributed by atoms with Crippen LogP contribution >= 0.6 is 0 Å². The number of aryl methyl sites for hydroxylation is 1. The van der Waals surface area contributed by atoms with Crippen molar-refractivity contribution in [3.05, 3.63) is 53.1 Å². The summed E-state index contributed by atoms with van der Waals surface area (Å²) in [4.78, 5) is 8.11. The number of hydrogen-bond acceptors (Lipinski definition) is 5. The van der Waals surface area contributed by atoms with Gasteiger partial charge in [-0.2, -0.15) is 22.1 Å². The molecule has 6 rings (SSSR count). The summed E-state index contributed by atoms with van der Waals surface area (Å²) < 4.78 is 43.8. The number of benzene rings is 2. The van der Waals surface area contributed by atoms with Gasteiger partial charge in [-0.1, -0.05) is 19.9 Å². The number of phenolic OH excluding ortho intramolecular Hbond substituents is 1. The number of aromatic hydroxyl groups is 1. The van der Waals surface area contributed by atoms with Crippen LogP contribution in [0.3, 0.4) is 0 Å². The Kier molecular flexibility index (Phi) is 6.24.